The van der Waals surface area contributed by atoms with E-state index in [2.05, 4.69) is 18.8 Å². The molecule has 0 atom stereocenters. The summed E-state index contributed by atoms with van der Waals surface area (Å²) >= 11 is 4.09. The van der Waals surface area contributed by atoms with Crippen LogP contribution in [0.15, 0.2) is 0 Å². The van der Waals surface area contributed by atoms with Crippen molar-refractivity contribution in [3.05, 3.63) is 0 Å². The third-order valence-corrected chi connectivity index (χ3v) is 6.64. The maximum atomic E-state index is 11.0. The summed E-state index contributed by atoms with van der Waals surface area (Å²) in [6.45, 7) is 2.26. The number of aliphatic carboxylic acids is 1. The van der Waals surface area contributed by atoms with Gasteiger partial charge in [0.05, 0.1) is 0 Å². The average molecular weight is 588 g/mol. The summed E-state index contributed by atoms with van der Waals surface area (Å²) in [5.41, 5.74) is 0. The van der Waals surface area contributed by atoms with E-state index in [4.69, 9.17) is 5.11 Å². The van der Waals surface area contributed by atoms with E-state index in [-0.39, 0.29) is 0 Å². The van der Waals surface area contributed by atoms with Crippen molar-refractivity contribution >= 4 is 51.2 Å². The number of rotatable bonds is 17. The van der Waals surface area contributed by atoms with Crippen LogP contribution in [0.1, 0.15) is 116 Å². The van der Waals surface area contributed by atoms with Crippen molar-refractivity contribution in [2.45, 2.75) is 118 Å². The van der Waals surface area contributed by atoms with Crippen molar-refractivity contribution < 1.29 is 9.90 Å². The molecular weight excluding hydrogens is 550 g/mol. The Balaban J connectivity index is 3.25. The van der Waals surface area contributed by atoms with E-state index in [1.165, 1.54) is 77.0 Å². The average Bonchev–Trinajstić information content (AvgIpc) is 2.60. The van der Waals surface area contributed by atoms with Crippen LogP contribution in [-0.2, 0) is 4.79 Å². The molecule has 0 heterocycles. The van der Waals surface area contributed by atoms with E-state index >= 15 is 0 Å². The van der Waals surface area contributed by atoms with Gasteiger partial charge in [0.25, 0.3) is 0 Å². The molecular formula is C22H38I2O2. The summed E-state index contributed by atoms with van der Waals surface area (Å²) in [4.78, 5) is 11.0. The lowest BCUT2D eigenvalue weighted by atomic mass is 10.1. The minimum Gasteiger partial charge on any atom is -0.480 e. The summed E-state index contributed by atoms with van der Waals surface area (Å²) < 4.78 is -0.619. The second-order valence-corrected chi connectivity index (χ2v) is 13.0. The van der Waals surface area contributed by atoms with Gasteiger partial charge in [0.15, 0.2) is 1.43 Å². The lowest BCUT2D eigenvalue weighted by molar-refractivity contribution is -0.136. The normalized spacial score (nSPS) is 11.2. The fraction of sp³-hybridized carbons (Fsp3) is 0.864. The molecule has 0 saturated carbocycles. The molecule has 2 nitrogen and oxygen atoms in total. The Kier molecular flexibility index (Phi) is 19.2. The second-order valence-electron chi connectivity index (χ2n) is 7.21. The van der Waals surface area contributed by atoms with E-state index < -0.39 is 7.40 Å². The lowest BCUT2D eigenvalue weighted by Gasteiger charge is -2.14. The number of carbonyl (C=O) groups is 1. The maximum Gasteiger partial charge on any atom is 0.329 e. The number of hydrogen-bond acceptors (Lipinski definition) is 1. The molecule has 0 aromatic carbocycles. The fourth-order valence-corrected chi connectivity index (χ4v) is 3.66. The number of unbranched alkanes of at least 4 members (excludes halogenated alkanes) is 14. The van der Waals surface area contributed by atoms with E-state index in [0.717, 1.165) is 32.1 Å². The topological polar surface area (TPSA) is 37.3 Å². The Morgan fingerprint density at radius 3 is 1.54 bits per heavy atom. The van der Waals surface area contributed by atoms with E-state index in [1.54, 1.807) is 0 Å². The summed E-state index contributed by atoms with van der Waals surface area (Å²) in [6.07, 6.45) is 20.9. The van der Waals surface area contributed by atoms with Gasteiger partial charge in [-0.25, -0.2) is 4.79 Å². The van der Waals surface area contributed by atoms with Gasteiger partial charge in [0.1, 0.15) is 0 Å². The van der Waals surface area contributed by atoms with Crippen molar-refractivity contribution in [3.8, 4) is 11.8 Å². The predicted molar refractivity (Wildman–Crippen MR) is 130 cm³/mol. The first kappa shape index (κ1) is 26.5. The van der Waals surface area contributed by atoms with Gasteiger partial charge in [-0.1, -0.05) is 129 Å². The lowest BCUT2D eigenvalue weighted by Crippen LogP contribution is -2.23. The van der Waals surface area contributed by atoms with Crippen LogP contribution >= 0.6 is 45.2 Å². The van der Waals surface area contributed by atoms with Gasteiger partial charge in [0.2, 0.25) is 0 Å². The van der Waals surface area contributed by atoms with Crippen LogP contribution in [0.2, 0.25) is 0 Å². The van der Waals surface area contributed by atoms with Crippen LogP contribution in [0.25, 0.3) is 0 Å². The van der Waals surface area contributed by atoms with E-state index in [0.29, 0.717) is 0 Å². The van der Waals surface area contributed by atoms with E-state index in [9.17, 15) is 4.79 Å². The van der Waals surface area contributed by atoms with Gasteiger partial charge in [0, 0.05) is 12.8 Å². The van der Waals surface area contributed by atoms with Crippen molar-refractivity contribution in [2.75, 3.05) is 0 Å². The molecule has 0 amide bonds. The van der Waals surface area contributed by atoms with Crippen molar-refractivity contribution in [1.82, 2.24) is 0 Å². The molecule has 0 aliphatic heterocycles. The summed E-state index contributed by atoms with van der Waals surface area (Å²) in [6, 6.07) is 0. The van der Waals surface area contributed by atoms with Crippen molar-refractivity contribution in [3.63, 3.8) is 0 Å². The predicted octanol–water partition coefficient (Wildman–Crippen LogP) is 8.29. The molecule has 0 saturated heterocycles. The molecule has 0 aliphatic rings. The van der Waals surface area contributed by atoms with Crippen molar-refractivity contribution in [1.29, 1.82) is 0 Å². The number of carboxylic acid groups (broad SMARTS) is 1. The second kappa shape index (κ2) is 18.8. The molecule has 4 heteroatoms. The molecule has 152 valence electrons. The Morgan fingerprint density at radius 2 is 1.12 bits per heavy atom. The number of halogens is 2. The smallest absolute Gasteiger partial charge is 0.329 e. The highest BCUT2D eigenvalue weighted by molar-refractivity contribution is 14.2. The molecule has 1 N–H and O–H groups in total. The monoisotopic (exact) mass is 588 g/mol. The standard InChI is InChI=1S/C22H38I2O2/c1-2-3-4-5-6-7-8-9-10-11-12-13-14-15-16-17-18-19-20-22(23,24)21(25)26/h2-8,11-20H2,1H3,(H,25,26). The molecule has 0 rings (SSSR count). The number of carboxylic acids is 1. The first-order valence-corrected chi connectivity index (χ1v) is 12.7. The summed E-state index contributed by atoms with van der Waals surface area (Å²) in [7, 11) is 0. The molecule has 26 heavy (non-hydrogen) atoms. The Bertz CT molecular complexity index is 397. The van der Waals surface area contributed by atoms with Gasteiger partial charge in [-0.3, -0.25) is 0 Å². The summed E-state index contributed by atoms with van der Waals surface area (Å²) in [5, 5.41) is 9.06. The highest BCUT2D eigenvalue weighted by atomic mass is 127. The largest absolute Gasteiger partial charge is 0.480 e. The molecule has 0 fully saturated rings. The zero-order valence-corrected chi connectivity index (χ0v) is 20.9. The highest BCUT2D eigenvalue weighted by Crippen LogP contribution is 2.33. The van der Waals surface area contributed by atoms with Crippen LogP contribution in [0.4, 0.5) is 0 Å². The molecule has 0 bridgehead atoms. The van der Waals surface area contributed by atoms with Crippen LogP contribution in [0, 0.1) is 11.8 Å². The molecule has 0 unspecified atom stereocenters. The molecule has 0 radical (unpaired) electrons. The van der Waals surface area contributed by atoms with Crippen LogP contribution in [0.3, 0.4) is 0 Å². The van der Waals surface area contributed by atoms with Crippen molar-refractivity contribution in [2.24, 2.45) is 0 Å². The first-order valence-electron chi connectivity index (χ1n) is 10.6. The molecule has 0 spiro atoms. The molecule has 0 aromatic heterocycles. The maximum absolute atomic E-state index is 11.0. The zero-order chi connectivity index (χ0) is 19.5. The SMILES string of the molecule is CCCCCCCCC#CCCCCCCCCCCC(I)(I)C(=O)O. The molecule has 0 aliphatic carbocycles. The van der Waals surface area contributed by atoms with Gasteiger partial charge in [-0.05, 0) is 19.3 Å². The third kappa shape index (κ3) is 17.9. The minimum absolute atomic E-state index is 0.619. The number of hydrogen-bond donors (Lipinski definition) is 1. The van der Waals surface area contributed by atoms with E-state index in [1.807, 2.05) is 45.2 Å². The highest BCUT2D eigenvalue weighted by Gasteiger charge is 2.30. The molecule has 0 aromatic rings. The first-order chi connectivity index (χ1) is 12.5. The number of alkyl halides is 2. The fourth-order valence-electron chi connectivity index (χ4n) is 2.90. The summed E-state index contributed by atoms with van der Waals surface area (Å²) in [5.74, 6) is 5.96. The zero-order valence-electron chi connectivity index (χ0n) is 16.6. The Labute approximate surface area is 189 Å². The quantitative estimate of drug-likeness (QED) is 0.0804. The van der Waals surface area contributed by atoms with Crippen LogP contribution < -0.4 is 0 Å². The van der Waals surface area contributed by atoms with Gasteiger partial charge in [-0.15, -0.1) is 11.8 Å². The third-order valence-electron chi connectivity index (χ3n) is 4.64. The Morgan fingerprint density at radius 1 is 0.731 bits per heavy atom. The van der Waals surface area contributed by atoms with Gasteiger partial charge in [-0.2, -0.15) is 0 Å². The van der Waals surface area contributed by atoms with Gasteiger partial charge < -0.3 is 5.11 Å². The van der Waals surface area contributed by atoms with Crippen LogP contribution in [0.5, 0.6) is 0 Å². The van der Waals surface area contributed by atoms with Gasteiger partial charge >= 0.3 is 5.97 Å². The Hall–Kier alpha value is 0.490. The van der Waals surface area contributed by atoms with Crippen LogP contribution in [-0.4, -0.2) is 12.5 Å². The minimum atomic E-state index is -0.700.